The van der Waals surface area contributed by atoms with E-state index in [9.17, 15) is 14.0 Å². The van der Waals surface area contributed by atoms with Crippen LogP contribution in [0.1, 0.15) is 21.5 Å². The maximum absolute atomic E-state index is 12.9. The smallest absolute Gasteiger partial charge is 0.339 e. The van der Waals surface area contributed by atoms with E-state index in [2.05, 4.69) is 5.32 Å². The Morgan fingerprint density at radius 1 is 0.862 bits per heavy atom. The number of carbonyl (C=O) groups is 2. The number of rotatable bonds is 8. The fraction of sp³-hybridized carbons (Fsp3) is 0.130. The number of esters is 1. The minimum absolute atomic E-state index is 0.200. The van der Waals surface area contributed by atoms with E-state index in [4.69, 9.17) is 9.47 Å². The summed E-state index contributed by atoms with van der Waals surface area (Å²) in [6.45, 7) is 0.0120. The monoisotopic (exact) mass is 393 g/mol. The van der Waals surface area contributed by atoms with Crippen molar-refractivity contribution < 1.29 is 23.5 Å². The number of hydrogen-bond acceptors (Lipinski definition) is 4. The Morgan fingerprint density at radius 2 is 1.55 bits per heavy atom. The Bertz CT molecular complexity index is 958. The Kier molecular flexibility index (Phi) is 6.95. The summed E-state index contributed by atoms with van der Waals surface area (Å²) in [6.07, 6.45) is 0. The summed E-state index contributed by atoms with van der Waals surface area (Å²) in [7, 11) is 0. The SMILES string of the molecule is O=C(COC(=O)c1ccccc1COc1ccccc1)NCc1ccc(F)cc1. The van der Waals surface area contributed by atoms with Crippen molar-refractivity contribution in [3.8, 4) is 5.75 Å². The second-order valence-corrected chi connectivity index (χ2v) is 6.24. The van der Waals surface area contributed by atoms with Crippen LogP contribution in [0.3, 0.4) is 0 Å². The van der Waals surface area contributed by atoms with Gasteiger partial charge in [0.15, 0.2) is 6.61 Å². The summed E-state index contributed by atoms with van der Waals surface area (Å²) in [5.41, 5.74) is 1.75. The molecule has 0 aliphatic rings. The molecule has 1 N–H and O–H groups in total. The molecule has 1 amide bonds. The normalized spacial score (nSPS) is 10.2. The quantitative estimate of drug-likeness (QED) is 0.590. The third-order valence-electron chi connectivity index (χ3n) is 4.11. The predicted octanol–water partition coefficient (Wildman–Crippen LogP) is 3.88. The average molecular weight is 393 g/mol. The summed E-state index contributed by atoms with van der Waals surface area (Å²) in [4.78, 5) is 24.3. The molecule has 5 nitrogen and oxygen atoms in total. The highest BCUT2D eigenvalue weighted by Gasteiger charge is 2.14. The first-order valence-electron chi connectivity index (χ1n) is 9.06. The topological polar surface area (TPSA) is 64.6 Å². The van der Waals surface area contributed by atoms with Gasteiger partial charge >= 0.3 is 5.97 Å². The van der Waals surface area contributed by atoms with E-state index in [1.165, 1.54) is 12.1 Å². The van der Waals surface area contributed by atoms with Gasteiger partial charge in [0.1, 0.15) is 18.2 Å². The molecule has 0 fully saturated rings. The van der Waals surface area contributed by atoms with Crippen molar-refractivity contribution in [1.82, 2.24) is 5.32 Å². The van der Waals surface area contributed by atoms with Crippen molar-refractivity contribution in [2.24, 2.45) is 0 Å². The van der Waals surface area contributed by atoms with Crippen molar-refractivity contribution in [3.63, 3.8) is 0 Å². The molecule has 6 heteroatoms. The van der Waals surface area contributed by atoms with Gasteiger partial charge in [-0.25, -0.2) is 9.18 Å². The lowest BCUT2D eigenvalue weighted by atomic mass is 10.1. The molecule has 0 aromatic heterocycles. The molecular weight excluding hydrogens is 373 g/mol. The van der Waals surface area contributed by atoms with E-state index in [1.54, 1.807) is 36.4 Å². The molecule has 0 saturated heterocycles. The average Bonchev–Trinajstić information content (AvgIpc) is 2.76. The van der Waals surface area contributed by atoms with Crippen molar-refractivity contribution in [2.45, 2.75) is 13.2 Å². The zero-order chi connectivity index (χ0) is 20.5. The van der Waals surface area contributed by atoms with Gasteiger partial charge < -0.3 is 14.8 Å². The Balaban J connectivity index is 1.51. The maximum Gasteiger partial charge on any atom is 0.339 e. The van der Waals surface area contributed by atoms with Crippen LogP contribution in [0.25, 0.3) is 0 Å². The van der Waals surface area contributed by atoms with E-state index in [-0.39, 0.29) is 19.0 Å². The molecule has 0 saturated carbocycles. The van der Waals surface area contributed by atoms with Crippen LogP contribution in [0.2, 0.25) is 0 Å². The van der Waals surface area contributed by atoms with Gasteiger partial charge in [0.2, 0.25) is 0 Å². The molecule has 0 atom stereocenters. The fourth-order valence-corrected chi connectivity index (χ4v) is 2.59. The Morgan fingerprint density at radius 3 is 2.31 bits per heavy atom. The molecule has 3 rings (SSSR count). The second kappa shape index (κ2) is 10.0. The molecule has 29 heavy (non-hydrogen) atoms. The lowest BCUT2D eigenvalue weighted by Crippen LogP contribution is -2.28. The van der Waals surface area contributed by atoms with E-state index >= 15 is 0 Å². The summed E-state index contributed by atoms with van der Waals surface area (Å²) >= 11 is 0. The number of hydrogen-bond donors (Lipinski definition) is 1. The lowest BCUT2D eigenvalue weighted by Gasteiger charge is -2.11. The van der Waals surface area contributed by atoms with Gasteiger partial charge in [-0.2, -0.15) is 0 Å². The molecule has 3 aromatic rings. The van der Waals surface area contributed by atoms with Crippen LogP contribution >= 0.6 is 0 Å². The Labute approximate surface area is 168 Å². The zero-order valence-corrected chi connectivity index (χ0v) is 15.6. The Hall–Kier alpha value is -3.67. The standard InChI is InChI=1S/C23H20FNO4/c24-19-12-10-17(11-13-19)14-25-22(26)16-29-23(27)21-9-5-4-6-18(21)15-28-20-7-2-1-3-8-20/h1-13H,14-16H2,(H,25,26). The second-order valence-electron chi connectivity index (χ2n) is 6.24. The zero-order valence-electron chi connectivity index (χ0n) is 15.6. The molecule has 148 valence electrons. The van der Waals surface area contributed by atoms with Crippen molar-refractivity contribution in [2.75, 3.05) is 6.61 Å². The number of nitrogens with one attached hydrogen (secondary N) is 1. The molecule has 3 aromatic carbocycles. The van der Waals surface area contributed by atoms with Crippen LogP contribution in [-0.4, -0.2) is 18.5 Å². The van der Waals surface area contributed by atoms with Gasteiger partial charge in [-0.1, -0.05) is 48.5 Å². The highest BCUT2D eigenvalue weighted by molar-refractivity contribution is 5.92. The predicted molar refractivity (Wildman–Crippen MR) is 106 cm³/mol. The van der Waals surface area contributed by atoms with Crippen LogP contribution in [0, 0.1) is 5.82 Å². The summed E-state index contributed by atoms with van der Waals surface area (Å²) < 4.78 is 23.7. The van der Waals surface area contributed by atoms with E-state index in [1.807, 2.05) is 30.3 Å². The van der Waals surface area contributed by atoms with Crippen molar-refractivity contribution in [1.29, 1.82) is 0 Å². The number of para-hydroxylation sites is 1. The molecule has 0 unspecified atom stereocenters. The molecule has 0 bridgehead atoms. The highest BCUT2D eigenvalue weighted by atomic mass is 19.1. The van der Waals surface area contributed by atoms with Gasteiger partial charge in [-0.3, -0.25) is 4.79 Å². The molecule has 0 aliphatic heterocycles. The van der Waals surface area contributed by atoms with E-state index < -0.39 is 18.5 Å². The van der Waals surface area contributed by atoms with Crippen LogP contribution < -0.4 is 10.1 Å². The molecule has 0 heterocycles. The van der Waals surface area contributed by atoms with Crippen molar-refractivity contribution >= 4 is 11.9 Å². The number of amides is 1. The first-order valence-corrected chi connectivity index (χ1v) is 9.06. The van der Waals surface area contributed by atoms with Gasteiger partial charge in [-0.05, 0) is 35.9 Å². The maximum atomic E-state index is 12.9. The minimum Gasteiger partial charge on any atom is -0.489 e. The number of halogens is 1. The first kappa shape index (κ1) is 20.1. The molecule has 0 aliphatic carbocycles. The van der Waals surface area contributed by atoms with Gasteiger partial charge in [-0.15, -0.1) is 0 Å². The van der Waals surface area contributed by atoms with Crippen LogP contribution in [0.4, 0.5) is 4.39 Å². The van der Waals surface area contributed by atoms with Crippen LogP contribution in [0.5, 0.6) is 5.75 Å². The van der Waals surface area contributed by atoms with Crippen LogP contribution in [-0.2, 0) is 22.7 Å². The molecule has 0 radical (unpaired) electrons. The van der Waals surface area contributed by atoms with Gasteiger partial charge in [0.05, 0.1) is 5.56 Å². The summed E-state index contributed by atoms with van der Waals surface area (Å²) in [5, 5.41) is 2.62. The minimum atomic E-state index is -0.603. The highest BCUT2D eigenvalue weighted by Crippen LogP contribution is 2.15. The summed E-state index contributed by atoms with van der Waals surface area (Å²) in [6, 6.07) is 22.0. The molecular formula is C23H20FNO4. The van der Waals surface area contributed by atoms with E-state index in [0.29, 0.717) is 16.9 Å². The number of carbonyl (C=O) groups excluding carboxylic acids is 2. The fourth-order valence-electron chi connectivity index (χ4n) is 2.59. The summed E-state index contributed by atoms with van der Waals surface area (Å²) in [5.74, 6) is -0.699. The third-order valence-corrected chi connectivity index (χ3v) is 4.11. The lowest BCUT2D eigenvalue weighted by molar-refractivity contribution is -0.124. The number of ether oxygens (including phenoxy) is 2. The van der Waals surface area contributed by atoms with Crippen LogP contribution in [0.15, 0.2) is 78.9 Å². The van der Waals surface area contributed by atoms with Crippen molar-refractivity contribution in [3.05, 3.63) is 101 Å². The largest absolute Gasteiger partial charge is 0.489 e. The molecule has 0 spiro atoms. The van der Waals surface area contributed by atoms with Gasteiger partial charge in [0.25, 0.3) is 5.91 Å². The first-order chi connectivity index (χ1) is 14.1. The van der Waals surface area contributed by atoms with E-state index in [0.717, 1.165) is 5.56 Å². The number of benzene rings is 3. The van der Waals surface area contributed by atoms with Gasteiger partial charge in [0, 0.05) is 12.1 Å². The third kappa shape index (κ3) is 6.17.